The van der Waals surface area contributed by atoms with Crippen molar-refractivity contribution in [1.29, 1.82) is 0 Å². The standard InChI is InChI=1S/C19H17ClN4O4/c1-12-10-15(24(26)27)4-5-16(12)21-19(25)17-7-8-23(22-17)11-28-18-6-3-14(20)9-13(18)2/h3-10H,11H2,1-2H3,(H,21,25). The zero-order chi connectivity index (χ0) is 20.3. The minimum Gasteiger partial charge on any atom is -0.471 e. The van der Waals surface area contributed by atoms with E-state index in [1.165, 1.54) is 22.9 Å². The molecule has 1 N–H and O–H groups in total. The second-order valence-corrected chi connectivity index (χ2v) is 6.57. The molecule has 0 aliphatic carbocycles. The number of carbonyl (C=O) groups excluding carboxylic acids is 1. The van der Waals surface area contributed by atoms with Gasteiger partial charge in [-0.05, 0) is 55.3 Å². The molecule has 144 valence electrons. The van der Waals surface area contributed by atoms with Gasteiger partial charge in [-0.1, -0.05) is 11.6 Å². The number of ether oxygens (including phenoxy) is 1. The molecule has 1 amide bonds. The lowest BCUT2D eigenvalue weighted by atomic mass is 10.1. The summed E-state index contributed by atoms with van der Waals surface area (Å²) < 4.78 is 7.18. The lowest BCUT2D eigenvalue weighted by molar-refractivity contribution is -0.384. The highest BCUT2D eigenvalue weighted by Gasteiger charge is 2.14. The van der Waals surface area contributed by atoms with Crippen LogP contribution in [-0.2, 0) is 6.73 Å². The molecule has 3 aromatic rings. The molecular weight excluding hydrogens is 384 g/mol. The Labute approximate surface area is 165 Å². The number of nitro groups is 1. The molecule has 0 spiro atoms. The molecule has 0 radical (unpaired) electrons. The molecule has 0 saturated carbocycles. The van der Waals surface area contributed by atoms with Crippen molar-refractivity contribution in [1.82, 2.24) is 9.78 Å². The average Bonchev–Trinajstić information content (AvgIpc) is 3.11. The number of hydrogen-bond acceptors (Lipinski definition) is 5. The van der Waals surface area contributed by atoms with Crippen molar-refractivity contribution >= 4 is 28.9 Å². The number of halogens is 1. The van der Waals surface area contributed by atoms with E-state index in [0.29, 0.717) is 22.0 Å². The molecule has 3 rings (SSSR count). The summed E-state index contributed by atoms with van der Waals surface area (Å²) in [7, 11) is 0. The fraction of sp³-hybridized carbons (Fsp3) is 0.158. The molecule has 9 heteroatoms. The Hall–Kier alpha value is -3.39. The summed E-state index contributed by atoms with van der Waals surface area (Å²) in [5.41, 5.74) is 2.14. The molecule has 8 nitrogen and oxygen atoms in total. The second-order valence-electron chi connectivity index (χ2n) is 6.13. The number of anilines is 1. The van der Waals surface area contributed by atoms with Crippen molar-refractivity contribution in [3.05, 3.63) is 80.6 Å². The number of nitrogens with one attached hydrogen (secondary N) is 1. The maximum Gasteiger partial charge on any atom is 0.276 e. The number of aromatic nitrogens is 2. The SMILES string of the molecule is Cc1cc([N+](=O)[O-])ccc1NC(=O)c1ccn(COc2ccc(Cl)cc2C)n1. The quantitative estimate of drug-likeness (QED) is 0.489. The third kappa shape index (κ3) is 4.47. The van der Waals surface area contributed by atoms with Crippen LogP contribution in [0.15, 0.2) is 48.7 Å². The third-order valence-electron chi connectivity index (χ3n) is 4.03. The molecular formula is C19H17ClN4O4. The number of carbonyl (C=O) groups is 1. The molecule has 0 bridgehead atoms. The van der Waals surface area contributed by atoms with Crippen molar-refractivity contribution < 1.29 is 14.5 Å². The van der Waals surface area contributed by atoms with E-state index < -0.39 is 10.8 Å². The highest BCUT2D eigenvalue weighted by Crippen LogP contribution is 2.23. The highest BCUT2D eigenvalue weighted by atomic mass is 35.5. The Kier molecular flexibility index (Phi) is 5.60. The Morgan fingerprint density at radius 1 is 1.21 bits per heavy atom. The van der Waals surface area contributed by atoms with Gasteiger partial charge in [0.25, 0.3) is 11.6 Å². The number of non-ortho nitro benzene ring substituents is 1. The first kappa shape index (κ1) is 19.4. The van der Waals surface area contributed by atoms with Gasteiger partial charge in [-0.3, -0.25) is 14.9 Å². The molecule has 0 saturated heterocycles. The summed E-state index contributed by atoms with van der Waals surface area (Å²) in [4.78, 5) is 22.7. The number of nitro benzene ring substituents is 1. The highest BCUT2D eigenvalue weighted by molar-refractivity contribution is 6.30. The topological polar surface area (TPSA) is 99.3 Å². The molecule has 28 heavy (non-hydrogen) atoms. The smallest absolute Gasteiger partial charge is 0.276 e. The summed E-state index contributed by atoms with van der Waals surface area (Å²) in [6.07, 6.45) is 1.63. The maximum atomic E-state index is 12.4. The van der Waals surface area contributed by atoms with Crippen LogP contribution in [0.2, 0.25) is 5.02 Å². The summed E-state index contributed by atoms with van der Waals surface area (Å²) >= 11 is 5.92. The lowest BCUT2D eigenvalue weighted by Gasteiger charge is -2.09. The van der Waals surface area contributed by atoms with Gasteiger partial charge in [0.15, 0.2) is 12.4 Å². The summed E-state index contributed by atoms with van der Waals surface area (Å²) in [5.74, 6) is 0.255. The van der Waals surface area contributed by atoms with E-state index in [2.05, 4.69) is 10.4 Å². The lowest BCUT2D eigenvalue weighted by Crippen LogP contribution is -2.15. The van der Waals surface area contributed by atoms with Gasteiger partial charge in [0.05, 0.1) is 4.92 Å². The third-order valence-corrected chi connectivity index (χ3v) is 4.27. The first-order chi connectivity index (χ1) is 13.3. The largest absolute Gasteiger partial charge is 0.471 e. The van der Waals surface area contributed by atoms with Crippen LogP contribution < -0.4 is 10.1 Å². The average molecular weight is 401 g/mol. The van der Waals surface area contributed by atoms with Crippen LogP contribution in [0.3, 0.4) is 0 Å². The van der Waals surface area contributed by atoms with Gasteiger partial charge in [-0.25, -0.2) is 4.68 Å². The molecule has 0 fully saturated rings. The monoisotopic (exact) mass is 400 g/mol. The van der Waals surface area contributed by atoms with Crippen LogP contribution in [0.1, 0.15) is 21.6 Å². The van der Waals surface area contributed by atoms with Crippen molar-refractivity contribution in [3.63, 3.8) is 0 Å². The number of rotatable bonds is 6. The maximum absolute atomic E-state index is 12.4. The Balaban J connectivity index is 1.64. The van der Waals surface area contributed by atoms with Crippen molar-refractivity contribution in [2.24, 2.45) is 0 Å². The van der Waals surface area contributed by atoms with Crippen molar-refractivity contribution in [3.8, 4) is 5.75 Å². The van der Waals surface area contributed by atoms with Gasteiger partial charge in [0.2, 0.25) is 0 Å². The van der Waals surface area contributed by atoms with Crippen molar-refractivity contribution in [2.75, 3.05) is 5.32 Å². The van der Waals surface area contributed by atoms with Crippen LogP contribution in [0.25, 0.3) is 0 Å². The van der Waals surface area contributed by atoms with E-state index in [4.69, 9.17) is 16.3 Å². The van der Waals surface area contributed by atoms with E-state index in [0.717, 1.165) is 5.56 Å². The van der Waals surface area contributed by atoms with Gasteiger partial charge in [0.1, 0.15) is 5.75 Å². The first-order valence-electron chi connectivity index (χ1n) is 8.32. The normalized spacial score (nSPS) is 10.5. The molecule has 0 aliphatic rings. The molecule has 0 aliphatic heterocycles. The number of hydrogen-bond donors (Lipinski definition) is 1. The van der Waals surface area contributed by atoms with E-state index in [1.807, 2.05) is 6.92 Å². The Bertz CT molecular complexity index is 1050. The fourth-order valence-corrected chi connectivity index (χ4v) is 2.78. The van der Waals surface area contributed by atoms with Gasteiger partial charge in [-0.15, -0.1) is 0 Å². The number of nitrogens with zero attached hydrogens (tertiary/aromatic N) is 3. The van der Waals surface area contributed by atoms with E-state index in [-0.39, 0.29) is 18.1 Å². The van der Waals surface area contributed by atoms with Crippen LogP contribution >= 0.6 is 11.6 Å². The zero-order valence-corrected chi connectivity index (χ0v) is 15.9. The van der Waals surface area contributed by atoms with Gasteiger partial charge in [0, 0.05) is 29.0 Å². The predicted octanol–water partition coefficient (Wildman–Crippen LogP) is 4.35. The Morgan fingerprint density at radius 2 is 2.00 bits per heavy atom. The Morgan fingerprint density at radius 3 is 2.68 bits per heavy atom. The number of amides is 1. The summed E-state index contributed by atoms with van der Waals surface area (Å²) in [6, 6.07) is 11.1. The zero-order valence-electron chi connectivity index (χ0n) is 15.2. The van der Waals surface area contributed by atoms with Crippen LogP contribution in [0.5, 0.6) is 5.75 Å². The summed E-state index contributed by atoms with van der Waals surface area (Å²) in [6.45, 7) is 3.70. The minimum absolute atomic E-state index is 0.0329. The molecule has 1 aromatic heterocycles. The van der Waals surface area contributed by atoms with E-state index >= 15 is 0 Å². The predicted molar refractivity (Wildman–Crippen MR) is 105 cm³/mol. The molecule has 0 atom stereocenters. The van der Waals surface area contributed by atoms with Gasteiger partial charge < -0.3 is 10.1 Å². The summed E-state index contributed by atoms with van der Waals surface area (Å²) in [5, 5.41) is 18.3. The fourth-order valence-electron chi connectivity index (χ4n) is 2.55. The van der Waals surface area contributed by atoms with Crippen LogP contribution in [-0.4, -0.2) is 20.6 Å². The molecule has 2 aromatic carbocycles. The number of benzene rings is 2. The van der Waals surface area contributed by atoms with E-state index in [9.17, 15) is 14.9 Å². The van der Waals surface area contributed by atoms with Crippen molar-refractivity contribution in [2.45, 2.75) is 20.6 Å². The molecule has 0 unspecified atom stereocenters. The molecule has 1 heterocycles. The van der Waals surface area contributed by atoms with Crippen LogP contribution in [0, 0.1) is 24.0 Å². The first-order valence-corrected chi connectivity index (χ1v) is 8.70. The minimum atomic E-state index is -0.483. The van der Waals surface area contributed by atoms with E-state index in [1.54, 1.807) is 37.4 Å². The van der Waals surface area contributed by atoms with Gasteiger partial charge >= 0.3 is 0 Å². The second kappa shape index (κ2) is 8.10. The van der Waals surface area contributed by atoms with Crippen LogP contribution in [0.4, 0.5) is 11.4 Å². The van der Waals surface area contributed by atoms with Gasteiger partial charge in [-0.2, -0.15) is 5.10 Å². The number of aryl methyl sites for hydroxylation is 2.